The van der Waals surface area contributed by atoms with Crippen LogP contribution in [0.5, 0.6) is 0 Å². The van der Waals surface area contributed by atoms with Crippen molar-refractivity contribution in [3.63, 3.8) is 0 Å². The molecule has 0 saturated carbocycles. The molecule has 1 aromatic heterocycles. The Morgan fingerprint density at radius 1 is 1.29 bits per heavy atom. The zero-order chi connectivity index (χ0) is 19.1. The molecule has 0 radical (unpaired) electrons. The molecule has 28 heavy (non-hydrogen) atoms. The zero-order valence-electron chi connectivity index (χ0n) is 16.8. The highest BCUT2D eigenvalue weighted by Crippen LogP contribution is 2.36. The monoisotopic (exact) mass is 515 g/mol. The van der Waals surface area contributed by atoms with Crippen LogP contribution >= 0.6 is 35.7 Å². The SMILES string of the molecule is CCc1noc(-c2ccc(CCNC(=NC)NCC3(C)CCCS3)cc2)n1.I. The van der Waals surface area contributed by atoms with Gasteiger partial charge < -0.3 is 15.2 Å². The standard InChI is InChI=1S/C20H29N5OS.HI/c1-4-17-24-18(26-25-17)16-8-6-15(7-9-16)10-12-22-19(21-3)23-14-20(2)11-5-13-27-20;/h6-9H,4-5,10-14H2,1-3H3,(H2,21,22,23);1H. The molecule has 1 saturated heterocycles. The summed E-state index contributed by atoms with van der Waals surface area (Å²) in [6.07, 6.45) is 4.29. The van der Waals surface area contributed by atoms with Gasteiger partial charge in [-0.2, -0.15) is 16.7 Å². The number of nitrogens with one attached hydrogen (secondary N) is 2. The molecule has 6 nitrogen and oxygen atoms in total. The molecule has 0 amide bonds. The van der Waals surface area contributed by atoms with Gasteiger partial charge in [0, 0.05) is 36.9 Å². The Labute approximate surface area is 188 Å². The molecule has 1 atom stereocenters. The van der Waals surface area contributed by atoms with Crippen molar-refractivity contribution >= 4 is 41.7 Å². The molecule has 0 aliphatic carbocycles. The second-order valence-corrected chi connectivity index (χ2v) is 8.75. The highest BCUT2D eigenvalue weighted by molar-refractivity contribution is 14.0. The van der Waals surface area contributed by atoms with Crippen LogP contribution < -0.4 is 10.6 Å². The summed E-state index contributed by atoms with van der Waals surface area (Å²) >= 11 is 2.06. The number of halogens is 1. The Balaban J connectivity index is 0.00000280. The van der Waals surface area contributed by atoms with Crippen molar-refractivity contribution in [1.82, 2.24) is 20.8 Å². The number of aliphatic imine (C=N–C) groups is 1. The third kappa shape index (κ3) is 6.37. The van der Waals surface area contributed by atoms with Crippen LogP contribution in [0, 0.1) is 0 Å². The maximum absolute atomic E-state index is 5.29. The third-order valence-corrected chi connectivity index (χ3v) is 6.38. The van der Waals surface area contributed by atoms with Gasteiger partial charge >= 0.3 is 0 Å². The summed E-state index contributed by atoms with van der Waals surface area (Å²) in [5.41, 5.74) is 2.22. The summed E-state index contributed by atoms with van der Waals surface area (Å²) in [7, 11) is 1.82. The van der Waals surface area contributed by atoms with Gasteiger partial charge in [0.05, 0.1) is 0 Å². The van der Waals surface area contributed by atoms with Crippen LogP contribution in [-0.2, 0) is 12.8 Å². The topological polar surface area (TPSA) is 75.3 Å². The highest BCUT2D eigenvalue weighted by atomic mass is 127. The minimum atomic E-state index is 0. The van der Waals surface area contributed by atoms with E-state index in [1.807, 2.05) is 26.1 Å². The first-order valence-electron chi connectivity index (χ1n) is 9.62. The number of rotatable bonds is 7. The Kier molecular flexibility index (Phi) is 9.07. The summed E-state index contributed by atoms with van der Waals surface area (Å²) in [6, 6.07) is 8.29. The van der Waals surface area contributed by atoms with Gasteiger partial charge in [-0.3, -0.25) is 4.99 Å². The molecule has 1 aromatic carbocycles. The van der Waals surface area contributed by atoms with Crippen molar-refractivity contribution in [2.24, 2.45) is 4.99 Å². The van der Waals surface area contributed by atoms with E-state index in [4.69, 9.17) is 4.52 Å². The van der Waals surface area contributed by atoms with Crippen LogP contribution in [0.2, 0.25) is 0 Å². The van der Waals surface area contributed by atoms with E-state index in [1.54, 1.807) is 0 Å². The maximum Gasteiger partial charge on any atom is 0.257 e. The van der Waals surface area contributed by atoms with Gasteiger partial charge in [-0.25, -0.2) is 0 Å². The number of aryl methyl sites for hydroxylation is 1. The molecule has 0 bridgehead atoms. The van der Waals surface area contributed by atoms with Crippen LogP contribution in [0.4, 0.5) is 0 Å². The van der Waals surface area contributed by atoms with E-state index >= 15 is 0 Å². The third-order valence-electron chi connectivity index (χ3n) is 4.85. The number of nitrogens with zero attached hydrogens (tertiary/aromatic N) is 3. The second kappa shape index (κ2) is 11.0. The number of benzene rings is 1. The molecule has 3 rings (SSSR count). The van der Waals surface area contributed by atoms with E-state index in [9.17, 15) is 0 Å². The summed E-state index contributed by atoms with van der Waals surface area (Å²) in [5.74, 6) is 3.46. The molecule has 8 heteroatoms. The minimum absolute atomic E-state index is 0. The number of aromatic nitrogens is 2. The molecule has 2 N–H and O–H groups in total. The summed E-state index contributed by atoms with van der Waals surface area (Å²) in [4.78, 5) is 8.70. The zero-order valence-corrected chi connectivity index (χ0v) is 20.0. The molecule has 2 heterocycles. The van der Waals surface area contributed by atoms with E-state index < -0.39 is 0 Å². The molecule has 154 valence electrons. The Bertz CT molecular complexity index is 756. The lowest BCUT2D eigenvalue weighted by molar-refractivity contribution is 0.423. The first-order valence-corrected chi connectivity index (χ1v) is 10.6. The second-order valence-electron chi connectivity index (χ2n) is 7.07. The van der Waals surface area contributed by atoms with E-state index in [-0.39, 0.29) is 24.0 Å². The number of thioether (sulfide) groups is 1. The molecule has 1 aliphatic rings. The van der Waals surface area contributed by atoms with Crippen molar-refractivity contribution in [2.45, 2.75) is 44.3 Å². The minimum Gasteiger partial charge on any atom is -0.356 e. The average Bonchev–Trinajstić information content (AvgIpc) is 3.34. The van der Waals surface area contributed by atoms with Gasteiger partial charge in [-0.15, -0.1) is 24.0 Å². The Hall–Kier alpha value is -1.29. The fourth-order valence-electron chi connectivity index (χ4n) is 3.12. The number of guanidine groups is 1. The first-order chi connectivity index (χ1) is 13.1. The van der Waals surface area contributed by atoms with Crippen molar-refractivity contribution in [2.75, 3.05) is 25.9 Å². The van der Waals surface area contributed by atoms with Crippen LogP contribution in [-0.4, -0.2) is 46.7 Å². The van der Waals surface area contributed by atoms with Crippen LogP contribution in [0.1, 0.15) is 38.1 Å². The predicted octanol–water partition coefficient (Wildman–Crippen LogP) is 3.91. The smallest absolute Gasteiger partial charge is 0.257 e. The van der Waals surface area contributed by atoms with E-state index in [0.717, 1.165) is 43.3 Å². The number of hydrogen-bond acceptors (Lipinski definition) is 5. The van der Waals surface area contributed by atoms with Crippen molar-refractivity contribution in [3.8, 4) is 11.5 Å². The predicted molar refractivity (Wildman–Crippen MR) is 128 cm³/mol. The van der Waals surface area contributed by atoms with E-state index in [1.165, 1.54) is 24.2 Å². The Morgan fingerprint density at radius 2 is 2.07 bits per heavy atom. The molecule has 0 spiro atoms. The molecule has 1 aliphatic heterocycles. The molecule has 1 unspecified atom stereocenters. The Morgan fingerprint density at radius 3 is 2.68 bits per heavy atom. The molecule has 1 fully saturated rings. The lowest BCUT2D eigenvalue weighted by atomic mass is 10.1. The largest absolute Gasteiger partial charge is 0.356 e. The lowest BCUT2D eigenvalue weighted by Gasteiger charge is -2.24. The first kappa shape index (κ1) is 23.0. The van der Waals surface area contributed by atoms with Crippen LogP contribution in [0.15, 0.2) is 33.8 Å². The van der Waals surface area contributed by atoms with Crippen molar-refractivity contribution in [3.05, 3.63) is 35.7 Å². The normalized spacial score (nSPS) is 19.3. The van der Waals surface area contributed by atoms with Gasteiger partial charge in [-0.05, 0) is 49.6 Å². The molecular weight excluding hydrogens is 485 g/mol. The van der Waals surface area contributed by atoms with Gasteiger partial charge in [0.25, 0.3) is 5.89 Å². The summed E-state index contributed by atoms with van der Waals surface area (Å²) in [5, 5.41) is 10.8. The fraction of sp³-hybridized carbons (Fsp3) is 0.550. The van der Waals surface area contributed by atoms with Crippen LogP contribution in [0.25, 0.3) is 11.5 Å². The highest BCUT2D eigenvalue weighted by Gasteiger charge is 2.29. The maximum atomic E-state index is 5.29. The van der Waals surface area contributed by atoms with Crippen molar-refractivity contribution in [1.29, 1.82) is 0 Å². The molecule has 2 aromatic rings. The van der Waals surface area contributed by atoms with Gasteiger partial charge in [-0.1, -0.05) is 24.2 Å². The average molecular weight is 515 g/mol. The van der Waals surface area contributed by atoms with Gasteiger partial charge in [0.2, 0.25) is 0 Å². The summed E-state index contributed by atoms with van der Waals surface area (Å²) in [6.45, 7) is 6.14. The quantitative estimate of drug-likeness (QED) is 0.331. The summed E-state index contributed by atoms with van der Waals surface area (Å²) < 4.78 is 5.62. The van der Waals surface area contributed by atoms with Gasteiger partial charge in [0.1, 0.15) is 0 Å². The van der Waals surface area contributed by atoms with Gasteiger partial charge in [0.15, 0.2) is 11.8 Å². The molecular formula is C20H30IN5OS. The number of hydrogen-bond donors (Lipinski definition) is 2. The van der Waals surface area contributed by atoms with Crippen molar-refractivity contribution < 1.29 is 4.52 Å². The fourth-order valence-corrected chi connectivity index (χ4v) is 4.37. The van der Waals surface area contributed by atoms with E-state index in [2.05, 4.69) is 56.6 Å². The van der Waals surface area contributed by atoms with Crippen LogP contribution in [0.3, 0.4) is 0 Å². The van der Waals surface area contributed by atoms with E-state index in [0.29, 0.717) is 10.6 Å². The lowest BCUT2D eigenvalue weighted by Crippen LogP contribution is -2.44.